The maximum absolute atomic E-state index is 10.5. The van der Waals surface area contributed by atoms with Crippen LogP contribution in [-0.4, -0.2) is 25.5 Å². The molecule has 82 valence electrons. The van der Waals surface area contributed by atoms with Crippen LogP contribution in [0.25, 0.3) is 10.9 Å². The van der Waals surface area contributed by atoms with Crippen molar-refractivity contribution < 1.29 is 4.79 Å². The molecule has 2 aromatic rings. The summed E-state index contributed by atoms with van der Waals surface area (Å²) in [6.45, 7) is 0. The average Bonchev–Trinajstić information content (AvgIpc) is 2.29. The van der Waals surface area contributed by atoms with E-state index in [0.717, 1.165) is 22.3 Å². The highest BCUT2D eigenvalue weighted by molar-refractivity contribution is 6.01. The lowest BCUT2D eigenvalue weighted by molar-refractivity contribution is -0.105. The fourth-order valence-electron chi connectivity index (χ4n) is 1.71. The molecule has 1 aromatic heterocycles. The van der Waals surface area contributed by atoms with Crippen molar-refractivity contribution in [3.8, 4) is 0 Å². The highest BCUT2D eigenvalue weighted by Crippen LogP contribution is 2.29. The molecule has 0 aliphatic rings. The van der Waals surface area contributed by atoms with Crippen molar-refractivity contribution in [3.05, 3.63) is 30.5 Å². The third-order valence-corrected chi connectivity index (χ3v) is 2.44. The molecule has 0 bridgehead atoms. The monoisotopic (exact) mass is 215 g/mol. The van der Waals surface area contributed by atoms with Crippen molar-refractivity contribution in [3.63, 3.8) is 0 Å². The largest absolute Gasteiger partial charge is 0.376 e. The fourth-order valence-corrected chi connectivity index (χ4v) is 1.71. The molecule has 1 amide bonds. The summed E-state index contributed by atoms with van der Waals surface area (Å²) < 4.78 is 0. The normalized spacial score (nSPS) is 10.1. The molecule has 1 N–H and O–H groups in total. The first-order valence-corrected chi connectivity index (χ1v) is 4.99. The highest BCUT2D eigenvalue weighted by atomic mass is 16.1. The number of carbonyl (C=O) groups is 1. The van der Waals surface area contributed by atoms with Gasteiger partial charge in [0.25, 0.3) is 0 Å². The first-order valence-electron chi connectivity index (χ1n) is 4.99. The predicted molar refractivity (Wildman–Crippen MR) is 65.8 cm³/mol. The number of hydrogen-bond donors (Lipinski definition) is 1. The van der Waals surface area contributed by atoms with Gasteiger partial charge in [-0.3, -0.25) is 9.78 Å². The van der Waals surface area contributed by atoms with Crippen molar-refractivity contribution in [2.24, 2.45) is 0 Å². The van der Waals surface area contributed by atoms with E-state index in [4.69, 9.17) is 0 Å². The molecule has 0 unspecified atom stereocenters. The first kappa shape index (κ1) is 10.4. The summed E-state index contributed by atoms with van der Waals surface area (Å²) in [7, 11) is 3.94. The number of amides is 1. The summed E-state index contributed by atoms with van der Waals surface area (Å²) >= 11 is 0. The molecule has 0 saturated carbocycles. The SMILES string of the molecule is CN(C)c1ccc(NC=O)c2cccnc12. The van der Waals surface area contributed by atoms with Crippen LogP contribution in [0.4, 0.5) is 11.4 Å². The topological polar surface area (TPSA) is 45.2 Å². The van der Waals surface area contributed by atoms with Gasteiger partial charge in [0.1, 0.15) is 0 Å². The second-order valence-corrected chi connectivity index (χ2v) is 3.69. The summed E-state index contributed by atoms with van der Waals surface area (Å²) in [5.41, 5.74) is 2.70. The third kappa shape index (κ3) is 1.69. The minimum absolute atomic E-state index is 0.678. The maximum atomic E-state index is 10.5. The number of fused-ring (bicyclic) bond motifs is 1. The number of pyridine rings is 1. The fraction of sp³-hybridized carbons (Fsp3) is 0.167. The summed E-state index contributed by atoms with van der Waals surface area (Å²) in [4.78, 5) is 16.8. The summed E-state index contributed by atoms with van der Waals surface area (Å²) in [6.07, 6.45) is 2.43. The van der Waals surface area contributed by atoms with Gasteiger partial charge in [0.2, 0.25) is 6.41 Å². The Balaban J connectivity index is 2.71. The molecule has 1 heterocycles. The summed E-state index contributed by atoms with van der Waals surface area (Å²) in [6, 6.07) is 7.63. The van der Waals surface area contributed by atoms with E-state index in [1.165, 1.54) is 0 Å². The molecule has 4 nitrogen and oxygen atoms in total. The first-order chi connectivity index (χ1) is 7.74. The summed E-state index contributed by atoms with van der Waals surface area (Å²) in [5, 5.41) is 3.62. The van der Waals surface area contributed by atoms with Crippen LogP contribution in [0.15, 0.2) is 30.5 Å². The van der Waals surface area contributed by atoms with Crippen LogP contribution >= 0.6 is 0 Å². The van der Waals surface area contributed by atoms with E-state index in [9.17, 15) is 4.79 Å². The quantitative estimate of drug-likeness (QED) is 0.795. The van der Waals surface area contributed by atoms with Crippen LogP contribution < -0.4 is 10.2 Å². The van der Waals surface area contributed by atoms with Gasteiger partial charge in [-0.1, -0.05) is 0 Å². The molecule has 0 saturated heterocycles. The van der Waals surface area contributed by atoms with Gasteiger partial charge in [-0.15, -0.1) is 0 Å². The zero-order chi connectivity index (χ0) is 11.5. The molecular weight excluding hydrogens is 202 g/mol. The number of hydrogen-bond acceptors (Lipinski definition) is 3. The number of anilines is 2. The van der Waals surface area contributed by atoms with Crippen molar-refractivity contribution >= 4 is 28.7 Å². The number of rotatable bonds is 3. The van der Waals surface area contributed by atoms with Crippen LogP contribution in [-0.2, 0) is 4.79 Å². The van der Waals surface area contributed by atoms with Crippen LogP contribution in [0, 0.1) is 0 Å². The average molecular weight is 215 g/mol. The van der Waals surface area contributed by atoms with Gasteiger partial charge in [0.15, 0.2) is 0 Å². The smallest absolute Gasteiger partial charge is 0.211 e. The second kappa shape index (κ2) is 4.18. The van der Waals surface area contributed by atoms with Crippen molar-refractivity contribution in [2.45, 2.75) is 0 Å². The van der Waals surface area contributed by atoms with Gasteiger partial charge >= 0.3 is 0 Å². The van der Waals surface area contributed by atoms with Gasteiger partial charge in [0, 0.05) is 25.7 Å². The van der Waals surface area contributed by atoms with Crippen LogP contribution in [0.5, 0.6) is 0 Å². The number of nitrogens with one attached hydrogen (secondary N) is 1. The van der Waals surface area contributed by atoms with Gasteiger partial charge in [-0.2, -0.15) is 0 Å². The number of benzene rings is 1. The molecule has 0 spiro atoms. The molecule has 0 aliphatic carbocycles. The van der Waals surface area contributed by atoms with Crippen LogP contribution in [0.2, 0.25) is 0 Å². The highest BCUT2D eigenvalue weighted by Gasteiger charge is 2.07. The van der Waals surface area contributed by atoms with Gasteiger partial charge in [-0.05, 0) is 24.3 Å². The Morgan fingerprint density at radius 1 is 1.31 bits per heavy atom. The second-order valence-electron chi connectivity index (χ2n) is 3.69. The molecule has 0 fully saturated rings. The lowest BCUT2D eigenvalue weighted by Crippen LogP contribution is -2.10. The van der Waals surface area contributed by atoms with E-state index in [2.05, 4.69) is 10.3 Å². The zero-order valence-electron chi connectivity index (χ0n) is 9.27. The molecule has 0 atom stereocenters. The standard InChI is InChI=1S/C12H13N3O/c1-15(2)11-6-5-10(14-8-16)9-4-3-7-13-12(9)11/h3-8H,1-2H3,(H,14,16). The molecule has 16 heavy (non-hydrogen) atoms. The van der Waals surface area contributed by atoms with Crippen LogP contribution in [0.1, 0.15) is 0 Å². The zero-order valence-corrected chi connectivity index (χ0v) is 9.27. The Bertz CT molecular complexity index is 523. The minimum atomic E-state index is 0.678. The van der Waals surface area contributed by atoms with Crippen molar-refractivity contribution in [2.75, 3.05) is 24.3 Å². The molecule has 0 aliphatic heterocycles. The lowest BCUT2D eigenvalue weighted by Gasteiger charge is -2.16. The van der Waals surface area contributed by atoms with Crippen LogP contribution in [0.3, 0.4) is 0 Å². The summed E-state index contributed by atoms with van der Waals surface area (Å²) in [5.74, 6) is 0. The van der Waals surface area contributed by atoms with Crippen molar-refractivity contribution in [1.82, 2.24) is 4.98 Å². The minimum Gasteiger partial charge on any atom is -0.376 e. The molecule has 2 rings (SSSR count). The van der Waals surface area contributed by atoms with E-state index in [0.29, 0.717) is 6.41 Å². The molecule has 1 aromatic carbocycles. The Labute approximate surface area is 93.9 Å². The Hall–Kier alpha value is -2.10. The lowest BCUT2D eigenvalue weighted by atomic mass is 10.1. The molecule has 4 heteroatoms. The molecular formula is C12H13N3O. The third-order valence-electron chi connectivity index (χ3n) is 2.44. The van der Waals surface area contributed by atoms with E-state index in [1.54, 1.807) is 6.20 Å². The van der Waals surface area contributed by atoms with Crippen molar-refractivity contribution in [1.29, 1.82) is 0 Å². The maximum Gasteiger partial charge on any atom is 0.211 e. The molecule has 0 radical (unpaired) electrons. The Morgan fingerprint density at radius 3 is 2.81 bits per heavy atom. The van der Waals surface area contributed by atoms with E-state index in [1.807, 2.05) is 43.3 Å². The number of nitrogens with zero attached hydrogens (tertiary/aromatic N) is 2. The van der Waals surface area contributed by atoms with E-state index < -0.39 is 0 Å². The Morgan fingerprint density at radius 2 is 2.12 bits per heavy atom. The number of carbonyl (C=O) groups excluding carboxylic acids is 1. The van der Waals surface area contributed by atoms with E-state index >= 15 is 0 Å². The number of aromatic nitrogens is 1. The predicted octanol–water partition coefficient (Wildman–Crippen LogP) is 1.87. The van der Waals surface area contributed by atoms with Gasteiger partial charge in [-0.25, -0.2) is 0 Å². The van der Waals surface area contributed by atoms with Gasteiger partial charge in [0.05, 0.1) is 16.9 Å². The van der Waals surface area contributed by atoms with Gasteiger partial charge < -0.3 is 10.2 Å². The van der Waals surface area contributed by atoms with E-state index in [-0.39, 0.29) is 0 Å². The Kier molecular flexibility index (Phi) is 2.72.